The summed E-state index contributed by atoms with van der Waals surface area (Å²) in [7, 11) is 6.74. The topological polar surface area (TPSA) is 37.2 Å². The Morgan fingerprint density at radius 1 is 0.750 bits per heavy atom. The summed E-state index contributed by atoms with van der Waals surface area (Å²) in [5, 5.41) is 0. The fourth-order valence-corrected chi connectivity index (χ4v) is 5.23. The number of pyridine rings is 2. The van der Waals surface area contributed by atoms with Gasteiger partial charge in [-0.3, -0.25) is 19.8 Å². The fourth-order valence-electron chi connectivity index (χ4n) is 5.23. The van der Waals surface area contributed by atoms with Gasteiger partial charge in [0.25, 0.3) is 0 Å². The molecule has 5 rings (SSSR count). The van der Waals surface area contributed by atoms with E-state index in [9.17, 15) is 0 Å². The molecular weight excluding hydrogens is 346 g/mol. The molecule has 2 aliphatic rings. The third-order valence-electron chi connectivity index (χ3n) is 6.55. The van der Waals surface area contributed by atoms with Crippen LogP contribution in [0, 0.1) is 0 Å². The van der Waals surface area contributed by atoms with Crippen molar-refractivity contribution in [2.45, 2.75) is 24.9 Å². The van der Waals surface area contributed by atoms with Gasteiger partial charge in [0.05, 0.1) is 12.1 Å². The molecule has 0 bridgehead atoms. The first-order valence-electron chi connectivity index (χ1n) is 10.1. The average Bonchev–Trinajstić information content (AvgIpc) is 3.01. The largest absolute Gasteiger partial charge is 0.351 e. The van der Waals surface area contributed by atoms with Crippen molar-refractivity contribution in [3.05, 3.63) is 82.7 Å². The minimum absolute atomic E-state index is 0.248. The van der Waals surface area contributed by atoms with E-state index in [4.69, 9.17) is 0 Å². The second-order valence-electron chi connectivity index (χ2n) is 8.12. The molecular formula is C23H27N5. The maximum absolute atomic E-state index is 4.42. The molecule has 2 atom stereocenters. The van der Waals surface area contributed by atoms with Gasteiger partial charge in [-0.2, -0.15) is 0 Å². The van der Waals surface area contributed by atoms with Crippen LogP contribution in [-0.2, 0) is 19.9 Å². The van der Waals surface area contributed by atoms with Crippen LogP contribution in [0.25, 0.3) is 0 Å². The van der Waals surface area contributed by atoms with Crippen molar-refractivity contribution in [3.63, 3.8) is 0 Å². The van der Waals surface area contributed by atoms with Gasteiger partial charge in [-0.15, -0.1) is 0 Å². The predicted octanol–water partition coefficient (Wildman–Crippen LogP) is 2.97. The smallest absolute Gasteiger partial charge is 0.0636 e. The summed E-state index contributed by atoms with van der Waals surface area (Å²) in [6, 6.07) is 9.04. The van der Waals surface area contributed by atoms with Crippen molar-refractivity contribution in [2.75, 3.05) is 27.2 Å². The fraction of sp³-hybridized carbons (Fsp3) is 0.391. The van der Waals surface area contributed by atoms with E-state index < -0.39 is 0 Å². The highest BCUT2D eigenvalue weighted by molar-refractivity contribution is 5.51. The number of likely N-dealkylation sites (N-methyl/N-ethyl adjacent to an activating group) is 2. The maximum Gasteiger partial charge on any atom is 0.0636 e. The molecule has 3 aromatic rings. The highest BCUT2D eigenvalue weighted by Gasteiger charge is 2.39. The highest BCUT2D eigenvalue weighted by Crippen LogP contribution is 2.46. The normalized spacial score (nSPS) is 22.7. The van der Waals surface area contributed by atoms with Gasteiger partial charge in [-0.1, -0.05) is 12.1 Å². The molecule has 0 aliphatic carbocycles. The van der Waals surface area contributed by atoms with Gasteiger partial charge < -0.3 is 4.57 Å². The van der Waals surface area contributed by atoms with Crippen molar-refractivity contribution in [2.24, 2.45) is 7.05 Å². The van der Waals surface area contributed by atoms with E-state index in [0.717, 1.165) is 25.9 Å². The molecule has 0 aromatic carbocycles. The van der Waals surface area contributed by atoms with Crippen LogP contribution in [0.4, 0.5) is 0 Å². The van der Waals surface area contributed by atoms with Crippen molar-refractivity contribution >= 4 is 0 Å². The van der Waals surface area contributed by atoms with Gasteiger partial charge in [-0.05, 0) is 37.4 Å². The molecule has 28 heavy (non-hydrogen) atoms. The van der Waals surface area contributed by atoms with Gasteiger partial charge in [0.1, 0.15) is 0 Å². The SMILES string of the molecule is CN1CCc2c(c3c(n2C)CCN(C)[C@H]3c2cccnc2)[C@@H]1c1cccnc1. The van der Waals surface area contributed by atoms with E-state index in [0.29, 0.717) is 0 Å². The molecule has 0 N–H and O–H groups in total. The van der Waals surface area contributed by atoms with Crippen LogP contribution in [0.3, 0.4) is 0 Å². The van der Waals surface area contributed by atoms with Crippen LogP contribution in [0.15, 0.2) is 49.1 Å². The Hall–Kier alpha value is -2.50. The van der Waals surface area contributed by atoms with Crippen LogP contribution in [0.2, 0.25) is 0 Å². The number of nitrogens with zero attached hydrogens (tertiary/aromatic N) is 5. The molecule has 0 spiro atoms. The molecule has 2 aliphatic heterocycles. The molecule has 0 saturated carbocycles. The first-order chi connectivity index (χ1) is 13.7. The summed E-state index contributed by atoms with van der Waals surface area (Å²) >= 11 is 0. The summed E-state index contributed by atoms with van der Waals surface area (Å²) < 4.78 is 2.48. The molecule has 0 fully saturated rings. The third kappa shape index (κ3) is 2.61. The Morgan fingerprint density at radius 3 is 1.61 bits per heavy atom. The Labute approximate surface area is 166 Å². The first kappa shape index (κ1) is 17.6. The molecule has 0 unspecified atom stereocenters. The lowest BCUT2D eigenvalue weighted by Crippen LogP contribution is -2.36. The van der Waals surface area contributed by atoms with Crippen LogP contribution >= 0.6 is 0 Å². The molecule has 5 heteroatoms. The number of fused-ring (bicyclic) bond motifs is 3. The van der Waals surface area contributed by atoms with Crippen LogP contribution < -0.4 is 0 Å². The van der Waals surface area contributed by atoms with Gasteiger partial charge in [-0.25, -0.2) is 0 Å². The van der Waals surface area contributed by atoms with E-state index >= 15 is 0 Å². The van der Waals surface area contributed by atoms with Gasteiger partial charge in [0.15, 0.2) is 0 Å². The molecule has 5 nitrogen and oxygen atoms in total. The van der Waals surface area contributed by atoms with Crippen molar-refractivity contribution in [1.82, 2.24) is 24.3 Å². The van der Waals surface area contributed by atoms with Crippen molar-refractivity contribution in [1.29, 1.82) is 0 Å². The van der Waals surface area contributed by atoms with Crippen molar-refractivity contribution in [3.8, 4) is 0 Å². The Balaban J connectivity index is 1.76. The van der Waals surface area contributed by atoms with Gasteiger partial charge >= 0.3 is 0 Å². The van der Waals surface area contributed by atoms with E-state index in [-0.39, 0.29) is 12.1 Å². The second-order valence-corrected chi connectivity index (χ2v) is 8.12. The molecule has 0 amide bonds. The lowest BCUT2D eigenvalue weighted by molar-refractivity contribution is 0.244. The summed E-state index contributed by atoms with van der Waals surface area (Å²) in [6.45, 7) is 2.13. The Morgan fingerprint density at radius 2 is 1.21 bits per heavy atom. The quantitative estimate of drug-likeness (QED) is 0.692. The zero-order valence-electron chi connectivity index (χ0n) is 16.8. The van der Waals surface area contributed by atoms with Gasteiger partial charge in [0, 0.05) is 80.3 Å². The summed E-state index contributed by atoms with van der Waals surface area (Å²) in [4.78, 5) is 13.8. The number of aromatic nitrogens is 3. The lowest BCUT2D eigenvalue weighted by Gasteiger charge is -2.38. The summed E-state index contributed by atoms with van der Waals surface area (Å²) in [6.07, 6.45) is 9.97. The minimum Gasteiger partial charge on any atom is -0.351 e. The van der Waals surface area contributed by atoms with E-state index in [2.05, 4.69) is 69.7 Å². The summed E-state index contributed by atoms with van der Waals surface area (Å²) in [5.41, 5.74) is 8.50. The molecule has 0 radical (unpaired) electrons. The van der Waals surface area contributed by atoms with Gasteiger partial charge in [0.2, 0.25) is 0 Å². The van der Waals surface area contributed by atoms with Crippen molar-refractivity contribution < 1.29 is 0 Å². The Bertz CT molecular complexity index is 900. The highest BCUT2D eigenvalue weighted by atomic mass is 15.2. The number of hydrogen-bond acceptors (Lipinski definition) is 4. The number of rotatable bonds is 2. The van der Waals surface area contributed by atoms with Crippen LogP contribution in [-0.4, -0.2) is 51.5 Å². The van der Waals surface area contributed by atoms with Crippen LogP contribution in [0.5, 0.6) is 0 Å². The average molecular weight is 374 g/mol. The first-order valence-corrected chi connectivity index (χ1v) is 10.1. The Kier molecular flexibility index (Phi) is 4.29. The van der Waals surface area contributed by atoms with Crippen LogP contribution in [0.1, 0.15) is 45.7 Å². The number of hydrogen-bond donors (Lipinski definition) is 0. The minimum atomic E-state index is 0.248. The monoisotopic (exact) mass is 373 g/mol. The zero-order valence-corrected chi connectivity index (χ0v) is 16.8. The maximum atomic E-state index is 4.42. The zero-order chi connectivity index (χ0) is 19.3. The predicted molar refractivity (Wildman–Crippen MR) is 110 cm³/mol. The second kappa shape index (κ2) is 6.83. The van der Waals surface area contributed by atoms with E-state index in [1.165, 1.54) is 33.6 Å². The van der Waals surface area contributed by atoms with E-state index in [1.54, 1.807) is 0 Å². The molecule has 144 valence electrons. The standard InChI is InChI=1S/C23H27N5/c1-26-12-8-18-20(22(26)16-6-4-10-24-14-16)21-19(28(18)3)9-13-27(2)23(21)17-7-5-11-25-15-17/h4-7,10-11,14-15,22-23H,8-9,12-13H2,1-3H3/t22-,23-/m0/s1. The molecule has 5 heterocycles. The summed E-state index contributed by atoms with van der Waals surface area (Å²) in [5.74, 6) is 0. The van der Waals surface area contributed by atoms with E-state index in [1.807, 2.05) is 24.8 Å². The lowest BCUT2D eigenvalue weighted by atomic mass is 9.84. The molecule has 0 saturated heterocycles. The molecule has 3 aromatic heterocycles. The third-order valence-corrected chi connectivity index (χ3v) is 6.55.